The Bertz CT molecular complexity index is 855. The van der Waals surface area contributed by atoms with Gasteiger partial charge in [-0.25, -0.2) is 9.59 Å². The average Bonchev–Trinajstić information content (AvgIpc) is 2.40. The number of ether oxygens (including phenoxy) is 1. The van der Waals surface area contributed by atoms with E-state index in [0.717, 1.165) is 22.3 Å². The maximum absolute atomic E-state index is 12.1. The summed E-state index contributed by atoms with van der Waals surface area (Å²) in [6.45, 7) is 0. The Kier molecular flexibility index (Phi) is 2.85. The fourth-order valence-corrected chi connectivity index (χ4v) is 1.86. The van der Waals surface area contributed by atoms with Crippen molar-refractivity contribution in [1.82, 2.24) is 14.1 Å². The van der Waals surface area contributed by atoms with E-state index in [1.165, 1.54) is 14.1 Å². The predicted octanol–water partition coefficient (Wildman–Crippen LogP) is -1.29. The van der Waals surface area contributed by atoms with E-state index in [1.807, 2.05) is 0 Å². The largest absolute Gasteiger partial charge is 0.465 e. The molecule has 0 amide bonds. The molecule has 2 aromatic heterocycles. The summed E-state index contributed by atoms with van der Waals surface area (Å²) in [6, 6.07) is 0.972. The summed E-state index contributed by atoms with van der Waals surface area (Å²) in [4.78, 5) is 49.3. The van der Waals surface area contributed by atoms with Crippen molar-refractivity contribution >= 4 is 17.0 Å². The van der Waals surface area contributed by atoms with Crippen LogP contribution in [-0.4, -0.2) is 27.2 Å². The molecule has 2 aromatic rings. The molecule has 2 rings (SSSR count). The van der Waals surface area contributed by atoms with Crippen LogP contribution in [0, 0.1) is 0 Å². The topological polar surface area (TPSA) is 103 Å². The number of nitrogens with zero attached hydrogens (tertiary/aromatic N) is 2. The quantitative estimate of drug-likeness (QED) is 0.646. The van der Waals surface area contributed by atoms with E-state index in [0.29, 0.717) is 0 Å². The smallest absolute Gasteiger partial charge is 0.339 e. The predicted molar refractivity (Wildman–Crippen MR) is 66.4 cm³/mol. The summed E-state index contributed by atoms with van der Waals surface area (Å²) in [7, 11) is 3.82. The molecule has 0 atom stereocenters. The number of aromatic nitrogens is 3. The molecule has 0 aliphatic carbocycles. The molecule has 0 bridgehead atoms. The Morgan fingerprint density at radius 2 is 1.84 bits per heavy atom. The number of hydrogen-bond acceptors (Lipinski definition) is 5. The van der Waals surface area contributed by atoms with Crippen LogP contribution in [0.4, 0.5) is 0 Å². The van der Waals surface area contributed by atoms with Gasteiger partial charge in [0.25, 0.3) is 5.56 Å². The number of methoxy groups -OCH3 is 1. The van der Waals surface area contributed by atoms with E-state index < -0.39 is 22.8 Å². The number of esters is 1. The van der Waals surface area contributed by atoms with Crippen molar-refractivity contribution in [2.24, 2.45) is 14.1 Å². The molecule has 0 radical (unpaired) electrons. The van der Waals surface area contributed by atoms with Gasteiger partial charge in [-0.15, -0.1) is 0 Å². The minimum Gasteiger partial charge on any atom is -0.465 e. The Balaban J connectivity index is 3.18. The summed E-state index contributed by atoms with van der Waals surface area (Å²) in [5, 5.41) is -0.0592. The van der Waals surface area contributed by atoms with Gasteiger partial charge in [-0.3, -0.25) is 18.7 Å². The molecule has 100 valence electrons. The molecule has 2 heterocycles. The molecule has 8 heteroatoms. The second-order valence-electron chi connectivity index (χ2n) is 3.97. The summed E-state index contributed by atoms with van der Waals surface area (Å²) < 4.78 is 6.48. The van der Waals surface area contributed by atoms with E-state index >= 15 is 0 Å². The van der Waals surface area contributed by atoms with Gasteiger partial charge in [-0.05, 0) is 0 Å². The zero-order chi connectivity index (χ0) is 14.3. The van der Waals surface area contributed by atoms with Crippen molar-refractivity contribution in [1.29, 1.82) is 0 Å². The first-order valence-electron chi connectivity index (χ1n) is 5.30. The highest BCUT2D eigenvalue weighted by Gasteiger charge is 2.18. The number of nitrogens with one attached hydrogen (secondary N) is 1. The number of H-pyrrole nitrogens is 1. The standard InChI is InChI=1S/C11H11N3O5/c1-13-8-7(9(16)14(2)11(13)18)5(10(17)19-3)4-6(15)12-8/h4H,1-3H3,(H,12,15). The molecule has 0 aliphatic rings. The van der Waals surface area contributed by atoms with Gasteiger partial charge in [0.2, 0.25) is 5.56 Å². The van der Waals surface area contributed by atoms with Crippen LogP contribution in [0.15, 0.2) is 20.4 Å². The Morgan fingerprint density at radius 1 is 1.21 bits per heavy atom. The molecule has 0 spiro atoms. The lowest BCUT2D eigenvalue weighted by atomic mass is 10.2. The Hall–Kier alpha value is -2.64. The minimum absolute atomic E-state index is 0.0130. The molecule has 19 heavy (non-hydrogen) atoms. The van der Waals surface area contributed by atoms with E-state index in [4.69, 9.17) is 0 Å². The summed E-state index contributed by atoms with van der Waals surface area (Å²) in [6.07, 6.45) is 0. The monoisotopic (exact) mass is 265 g/mol. The van der Waals surface area contributed by atoms with Gasteiger partial charge in [-0.2, -0.15) is 0 Å². The number of carbonyl (C=O) groups excluding carboxylic acids is 1. The number of hydrogen-bond donors (Lipinski definition) is 1. The third kappa shape index (κ3) is 1.77. The normalized spacial score (nSPS) is 10.7. The summed E-state index contributed by atoms with van der Waals surface area (Å²) in [5.41, 5.74) is -2.06. The van der Waals surface area contributed by atoms with Gasteiger partial charge in [0.15, 0.2) is 0 Å². The third-order valence-electron chi connectivity index (χ3n) is 2.86. The Labute approximate surface area is 105 Å². The Morgan fingerprint density at radius 3 is 2.42 bits per heavy atom. The van der Waals surface area contributed by atoms with E-state index in [1.54, 1.807) is 0 Å². The molecule has 0 aliphatic heterocycles. The average molecular weight is 265 g/mol. The van der Waals surface area contributed by atoms with Gasteiger partial charge in [0, 0.05) is 20.2 Å². The number of aryl methyl sites for hydroxylation is 1. The van der Waals surface area contributed by atoms with Crippen LogP contribution in [0.3, 0.4) is 0 Å². The fourth-order valence-electron chi connectivity index (χ4n) is 1.86. The third-order valence-corrected chi connectivity index (χ3v) is 2.86. The number of carbonyl (C=O) groups is 1. The van der Waals surface area contributed by atoms with Crippen molar-refractivity contribution in [2.75, 3.05) is 7.11 Å². The van der Waals surface area contributed by atoms with Gasteiger partial charge < -0.3 is 9.72 Å². The molecule has 0 saturated heterocycles. The van der Waals surface area contributed by atoms with Gasteiger partial charge in [0.05, 0.1) is 18.1 Å². The van der Waals surface area contributed by atoms with E-state index in [2.05, 4.69) is 9.72 Å². The minimum atomic E-state index is -0.813. The first kappa shape index (κ1) is 12.8. The summed E-state index contributed by atoms with van der Waals surface area (Å²) in [5.74, 6) is -0.813. The zero-order valence-corrected chi connectivity index (χ0v) is 10.5. The van der Waals surface area contributed by atoms with Crippen molar-refractivity contribution in [3.63, 3.8) is 0 Å². The fraction of sp³-hybridized carbons (Fsp3) is 0.273. The number of fused-ring (bicyclic) bond motifs is 1. The van der Waals surface area contributed by atoms with Crippen LogP contribution >= 0.6 is 0 Å². The van der Waals surface area contributed by atoms with Gasteiger partial charge in [0.1, 0.15) is 5.65 Å². The highest BCUT2D eigenvalue weighted by atomic mass is 16.5. The van der Waals surface area contributed by atoms with Crippen LogP contribution < -0.4 is 16.8 Å². The van der Waals surface area contributed by atoms with Crippen LogP contribution in [0.2, 0.25) is 0 Å². The SMILES string of the molecule is COC(=O)c1cc(=O)[nH]c2c1c(=O)n(C)c(=O)n2C. The van der Waals surface area contributed by atoms with Crippen molar-refractivity contribution < 1.29 is 9.53 Å². The van der Waals surface area contributed by atoms with Crippen LogP contribution in [0.5, 0.6) is 0 Å². The lowest BCUT2D eigenvalue weighted by Crippen LogP contribution is -2.38. The highest BCUT2D eigenvalue weighted by Crippen LogP contribution is 2.09. The molecule has 0 fully saturated rings. The van der Waals surface area contributed by atoms with Crippen LogP contribution in [0.1, 0.15) is 10.4 Å². The van der Waals surface area contributed by atoms with Crippen molar-refractivity contribution in [2.45, 2.75) is 0 Å². The van der Waals surface area contributed by atoms with Crippen LogP contribution in [0.25, 0.3) is 11.0 Å². The molecule has 0 unspecified atom stereocenters. The van der Waals surface area contributed by atoms with E-state index in [9.17, 15) is 19.2 Å². The van der Waals surface area contributed by atoms with Gasteiger partial charge in [-0.1, -0.05) is 0 Å². The molecular formula is C11H11N3O5. The van der Waals surface area contributed by atoms with Crippen LogP contribution in [-0.2, 0) is 18.8 Å². The zero-order valence-electron chi connectivity index (χ0n) is 10.5. The molecule has 0 saturated carbocycles. The first-order chi connectivity index (χ1) is 8.88. The molecule has 1 N–H and O–H groups in total. The highest BCUT2D eigenvalue weighted by molar-refractivity contribution is 6.01. The number of pyridine rings is 1. The maximum atomic E-state index is 12.1. The molecular weight excluding hydrogens is 254 g/mol. The summed E-state index contributed by atoms with van der Waals surface area (Å²) >= 11 is 0. The number of aromatic amines is 1. The van der Waals surface area contributed by atoms with Crippen molar-refractivity contribution in [3.8, 4) is 0 Å². The first-order valence-corrected chi connectivity index (χ1v) is 5.30. The molecule has 0 aromatic carbocycles. The lowest BCUT2D eigenvalue weighted by molar-refractivity contribution is 0.0602. The van der Waals surface area contributed by atoms with E-state index in [-0.39, 0.29) is 16.6 Å². The maximum Gasteiger partial charge on any atom is 0.339 e. The number of rotatable bonds is 1. The lowest BCUT2D eigenvalue weighted by Gasteiger charge is -2.09. The molecule has 8 nitrogen and oxygen atoms in total. The van der Waals surface area contributed by atoms with Crippen molar-refractivity contribution in [3.05, 3.63) is 42.8 Å². The second-order valence-corrected chi connectivity index (χ2v) is 3.97. The van der Waals surface area contributed by atoms with Gasteiger partial charge >= 0.3 is 11.7 Å². The second kappa shape index (κ2) is 4.23.